The van der Waals surface area contributed by atoms with Crippen LogP contribution in [-0.4, -0.2) is 17.5 Å². The Kier molecular flexibility index (Phi) is 5.48. The van der Waals surface area contributed by atoms with Crippen LogP contribution in [0.15, 0.2) is 66.7 Å². The first kappa shape index (κ1) is 20.0. The van der Waals surface area contributed by atoms with Gasteiger partial charge in [0, 0.05) is 18.2 Å². The number of hydrogen-bond acceptors (Lipinski definition) is 1. The van der Waals surface area contributed by atoms with Gasteiger partial charge in [0.05, 0.1) is 12.1 Å². The second kappa shape index (κ2) is 8.22. The largest absolute Gasteiger partial charge is 0.331 e. The first-order valence-corrected chi connectivity index (χ1v) is 9.80. The molecule has 4 rings (SSSR count). The van der Waals surface area contributed by atoms with Gasteiger partial charge in [0.2, 0.25) is 0 Å². The van der Waals surface area contributed by atoms with E-state index in [0.29, 0.717) is 24.1 Å². The molecule has 1 saturated heterocycles. The van der Waals surface area contributed by atoms with Crippen LogP contribution in [0, 0.1) is 17.5 Å². The zero-order valence-corrected chi connectivity index (χ0v) is 16.4. The maximum atomic E-state index is 14.0. The first-order chi connectivity index (χ1) is 14.4. The van der Waals surface area contributed by atoms with Gasteiger partial charge in [-0.25, -0.2) is 18.0 Å². The summed E-state index contributed by atoms with van der Waals surface area (Å²) in [6.45, 7) is 2.49. The third-order valence-corrected chi connectivity index (χ3v) is 5.59. The van der Waals surface area contributed by atoms with Gasteiger partial charge >= 0.3 is 6.03 Å². The van der Waals surface area contributed by atoms with E-state index in [-0.39, 0.29) is 23.9 Å². The number of carbonyl (C=O) groups is 1. The predicted molar refractivity (Wildman–Crippen MR) is 109 cm³/mol. The highest BCUT2D eigenvalue weighted by molar-refractivity contribution is 5.76. The van der Waals surface area contributed by atoms with Crippen LogP contribution in [0.2, 0.25) is 0 Å². The van der Waals surface area contributed by atoms with E-state index in [1.807, 2.05) is 19.1 Å². The Labute approximate surface area is 173 Å². The highest BCUT2D eigenvalue weighted by Gasteiger charge is 2.29. The van der Waals surface area contributed by atoms with Crippen molar-refractivity contribution >= 4 is 6.03 Å². The van der Waals surface area contributed by atoms with Gasteiger partial charge in [0.15, 0.2) is 0 Å². The molecule has 2 atom stereocenters. The van der Waals surface area contributed by atoms with Crippen molar-refractivity contribution in [1.29, 1.82) is 0 Å². The van der Waals surface area contributed by atoms with E-state index in [1.165, 1.54) is 24.3 Å². The summed E-state index contributed by atoms with van der Waals surface area (Å²) in [6.07, 6.45) is 0.709. The van der Waals surface area contributed by atoms with Crippen LogP contribution in [0.3, 0.4) is 0 Å². The Morgan fingerprint density at radius 3 is 2.23 bits per heavy atom. The third-order valence-electron chi connectivity index (χ3n) is 5.59. The molecular formula is C24H21F3N2O. The second-order valence-corrected chi connectivity index (χ2v) is 7.46. The van der Waals surface area contributed by atoms with Gasteiger partial charge in [0.25, 0.3) is 0 Å². The minimum Gasteiger partial charge on any atom is -0.331 e. The molecule has 2 amide bonds. The summed E-state index contributed by atoms with van der Waals surface area (Å²) in [5.74, 6) is -1.53. The van der Waals surface area contributed by atoms with Crippen molar-refractivity contribution in [2.24, 2.45) is 0 Å². The summed E-state index contributed by atoms with van der Waals surface area (Å²) >= 11 is 0. The Balaban J connectivity index is 1.46. The monoisotopic (exact) mass is 410 g/mol. The van der Waals surface area contributed by atoms with E-state index in [0.717, 1.165) is 17.2 Å². The number of nitrogens with one attached hydrogen (secondary N) is 1. The normalized spacial score (nSPS) is 17.5. The van der Waals surface area contributed by atoms with Crippen LogP contribution in [0.5, 0.6) is 0 Å². The van der Waals surface area contributed by atoms with E-state index >= 15 is 0 Å². The maximum absolute atomic E-state index is 14.0. The van der Waals surface area contributed by atoms with Crippen molar-refractivity contribution in [2.75, 3.05) is 6.54 Å². The number of benzene rings is 3. The molecule has 154 valence electrons. The van der Waals surface area contributed by atoms with Crippen molar-refractivity contribution in [3.63, 3.8) is 0 Å². The minimum atomic E-state index is -0.614. The van der Waals surface area contributed by atoms with Gasteiger partial charge < -0.3 is 10.2 Å². The fourth-order valence-electron chi connectivity index (χ4n) is 3.83. The van der Waals surface area contributed by atoms with Crippen LogP contribution in [0.1, 0.15) is 36.6 Å². The van der Waals surface area contributed by atoms with Gasteiger partial charge in [-0.1, -0.05) is 36.4 Å². The first-order valence-electron chi connectivity index (χ1n) is 9.80. The molecule has 1 aliphatic heterocycles. The Morgan fingerprint density at radius 1 is 0.933 bits per heavy atom. The van der Waals surface area contributed by atoms with Crippen molar-refractivity contribution in [3.05, 3.63) is 95.3 Å². The number of urea groups is 1. The second-order valence-electron chi connectivity index (χ2n) is 7.46. The van der Waals surface area contributed by atoms with E-state index in [2.05, 4.69) is 5.32 Å². The van der Waals surface area contributed by atoms with Crippen molar-refractivity contribution < 1.29 is 18.0 Å². The summed E-state index contributed by atoms with van der Waals surface area (Å²) in [4.78, 5) is 14.4. The molecule has 2 unspecified atom stereocenters. The average Bonchev–Trinajstić information content (AvgIpc) is 2.74. The Bertz CT molecular complexity index is 1050. The van der Waals surface area contributed by atoms with Crippen molar-refractivity contribution in [1.82, 2.24) is 10.2 Å². The summed E-state index contributed by atoms with van der Waals surface area (Å²) in [5.41, 5.74) is 2.76. The SMILES string of the molecule is CC(c1ccc(-c2ccc(F)cc2F)cc1)N1CCC(c2ccc(F)cc2)NC1=O. The molecule has 3 nitrogen and oxygen atoms in total. The average molecular weight is 410 g/mol. The van der Waals surface area contributed by atoms with E-state index in [9.17, 15) is 18.0 Å². The van der Waals surface area contributed by atoms with Crippen LogP contribution >= 0.6 is 0 Å². The molecule has 1 heterocycles. The van der Waals surface area contributed by atoms with Gasteiger partial charge in [-0.05, 0) is 54.3 Å². The molecule has 3 aromatic rings. The minimum absolute atomic E-state index is 0.148. The number of carbonyl (C=O) groups excluding carboxylic acids is 1. The lowest BCUT2D eigenvalue weighted by atomic mass is 9.98. The molecular weight excluding hydrogens is 389 g/mol. The molecule has 0 bridgehead atoms. The predicted octanol–water partition coefficient (Wildman–Crippen LogP) is 5.99. The van der Waals surface area contributed by atoms with Gasteiger partial charge in [-0.2, -0.15) is 0 Å². The van der Waals surface area contributed by atoms with Crippen molar-refractivity contribution in [2.45, 2.75) is 25.4 Å². The highest BCUT2D eigenvalue weighted by Crippen LogP contribution is 2.30. The molecule has 0 aliphatic carbocycles. The number of nitrogens with zero attached hydrogens (tertiary/aromatic N) is 1. The molecule has 30 heavy (non-hydrogen) atoms. The highest BCUT2D eigenvalue weighted by atomic mass is 19.1. The van der Waals surface area contributed by atoms with Crippen LogP contribution in [-0.2, 0) is 0 Å². The maximum Gasteiger partial charge on any atom is 0.318 e. The topological polar surface area (TPSA) is 32.3 Å². The molecule has 1 N–H and O–H groups in total. The zero-order valence-electron chi connectivity index (χ0n) is 16.4. The quantitative estimate of drug-likeness (QED) is 0.563. The van der Waals surface area contributed by atoms with Gasteiger partial charge in [-0.15, -0.1) is 0 Å². The van der Waals surface area contributed by atoms with E-state index in [1.54, 1.807) is 29.2 Å². The molecule has 0 saturated carbocycles. The summed E-state index contributed by atoms with van der Waals surface area (Å²) in [6, 6.07) is 16.4. The molecule has 6 heteroatoms. The molecule has 0 aromatic heterocycles. The number of halogens is 3. The third kappa shape index (κ3) is 4.03. The number of amides is 2. The number of rotatable bonds is 4. The fourth-order valence-corrected chi connectivity index (χ4v) is 3.83. The molecule has 3 aromatic carbocycles. The van der Waals surface area contributed by atoms with Crippen LogP contribution < -0.4 is 5.32 Å². The lowest BCUT2D eigenvalue weighted by Gasteiger charge is -2.37. The molecule has 1 fully saturated rings. The van der Waals surface area contributed by atoms with Gasteiger partial charge in [-0.3, -0.25) is 0 Å². The van der Waals surface area contributed by atoms with Crippen LogP contribution in [0.4, 0.5) is 18.0 Å². The molecule has 0 spiro atoms. The Hall–Kier alpha value is -3.28. The summed E-state index contributed by atoms with van der Waals surface area (Å²) in [7, 11) is 0. The zero-order chi connectivity index (χ0) is 21.3. The summed E-state index contributed by atoms with van der Waals surface area (Å²) < 4.78 is 40.3. The lowest BCUT2D eigenvalue weighted by Crippen LogP contribution is -2.48. The van der Waals surface area contributed by atoms with Crippen LogP contribution in [0.25, 0.3) is 11.1 Å². The standard InChI is InChI=1S/C24H21F3N2O/c1-15(16-2-4-17(5-3-16)21-11-10-20(26)14-22(21)27)29-13-12-23(28-24(29)30)18-6-8-19(25)9-7-18/h2-11,14-15,23H,12-13H2,1H3,(H,28,30). The van der Waals surface area contributed by atoms with E-state index in [4.69, 9.17) is 0 Å². The van der Waals surface area contributed by atoms with Gasteiger partial charge in [0.1, 0.15) is 17.5 Å². The van der Waals surface area contributed by atoms with Crippen molar-refractivity contribution in [3.8, 4) is 11.1 Å². The summed E-state index contributed by atoms with van der Waals surface area (Å²) in [5, 5.41) is 2.98. The molecule has 1 aliphatic rings. The fraction of sp³-hybridized carbons (Fsp3) is 0.208. The smallest absolute Gasteiger partial charge is 0.318 e. The van der Waals surface area contributed by atoms with E-state index < -0.39 is 11.6 Å². The molecule has 0 radical (unpaired) electrons. The Morgan fingerprint density at radius 2 is 1.60 bits per heavy atom. The lowest BCUT2D eigenvalue weighted by molar-refractivity contribution is 0.154. The number of hydrogen-bond donors (Lipinski definition) is 1.